The van der Waals surface area contributed by atoms with Crippen LogP contribution in [0.1, 0.15) is 70.8 Å². The maximum atomic E-state index is 2.69. The molecule has 0 saturated heterocycles. The van der Waals surface area contributed by atoms with E-state index in [0.29, 0.717) is 0 Å². The Kier molecular flexibility index (Phi) is 16.2. The van der Waals surface area contributed by atoms with E-state index in [-0.39, 0.29) is 12.1 Å². The lowest BCUT2D eigenvalue weighted by Gasteiger charge is -2.46. The highest BCUT2D eigenvalue weighted by Crippen LogP contribution is 2.61. The van der Waals surface area contributed by atoms with E-state index in [4.69, 9.17) is 0 Å². The summed E-state index contributed by atoms with van der Waals surface area (Å²) in [6, 6.07) is 170. The van der Waals surface area contributed by atoms with Gasteiger partial charge in [-0.15, -0.1) is 0 Å². The zero-order chi connectivity index (χ0) is 82.8. The molecule has 125 heavy (non-hydrogen) atoms. The molecule has 4 heterocycles. The first-order valence-electron chi connectivity index (χ1n) is 43.8. The second-order valence-electron chi connectivity index (χ2n) is 35.3. The van der Waals surface area contributed by atoms with Crippen LogP contribution in [-0.2, 0) is 16.2 Å². The highest BCUT2D eigenvalue weighted by Gasteiger charge is 2.50. The van der Waals surface area contributed by atoms with E-state index in [0.717, 1.165) is 90.0 Å². The standard InChI is InChI=1S/C120H83BN4/c1-118(2,3)88-76-115-117-116(77-88)125(108-55-31-25-47-92(108)83-59-65-104-98(73-83)94-49-23-29-53-102(94)120(104,86-38-14-6-15-39-86)87-40-16-7-17-41-87)114-75-81(79-63-69-112-100(71-79)96-51-27-33-57-110(96)123(112)90-44-20-9-21-45-90)61-67-106(114)121(117)105-66-60-80(78-62-68-111-99(70-78)95-50-26-32-56-109(95)122(111)89-42-18-8-19-43-89)74-113(105)124(115)107-54-30-24-46-91(107)82-58-64-103-97(72-82)93-48-22-28-52-101(93)119(103,84-34-10-4-11-35-84)85-36-12-5-13-37-85/h4-77H,1-3H3. The molecule has 0 amide bonds. The van der Waals surface area contributed by atoms with Gasteiger partial charge in [-0.25, -0.2) is 0 Å². The van der Waals surface area contributed by atoms with Gasteiger partial charge in [-0.05, 0) is 237 Å². The lowest BCUT2D eigenvalue weighted by Crippen LogP contribution is -2.61. The molecule has 2 aromatic heterocycles. The highest BCUT2D eigenvalue weighted by atomic mass is 15.2. The van der Waals surface area contributed by atoms with Gasteiger partial charge in [-0.1, -0.05) is 360 Å². The van der Waals surface area contributed by atoms with Crippen LogP contribution in [0, 0.1) is 0 Å². The van der Waals surface area contributed by atoms with Crippen molar-refractivity contribution < 1.29 is 0 Å². The van der Waals surface area contributed by atoms with Crippen molar-refractivity contribution in [2.24, 2.45) is 0 Å². The first kappa shape index (κ1) is 72.3. The summed E-state index contributed by atoms with van der Waals surface area (Å²) in [5.41, 5.74) is 41.5. The fraction of sp³-hybridized carbons (Fsp3) is 0.0500. The first-order chi connectivity index (χ1) is 61.7. The largest absolute Gasteiger partial charge is 0.311 e. The number of aromatic nitrogens is 2. The second kappa shape index (κ2) is 28.0. The molecule has 25 rings (SSSR count). The molecule has 0 saturated carbocycles. The zero-order valence-corrected chi connectivity index (χ0v) is 69.6. The summed E-state index contributed by atoms with van der Waals surface area (Å²) in [5, 5.41) is 4.86. The van der Waals surface area contributed by atoms with Gasteiger partial charge in [0.15, 0.2) is 0 Å². The quantitative estimate of drug-likeness (QED) is 0.113. The van der Waals surface area contributed by atoms with Crippen LogP contribution >= 0.6 is 0 Å². The summed E-state index contributed by atoms with van der Waals surface area (Å²) < 4.78 is 4.84. The Labute approximate surface area is 728 Å². The molecule has 19 aromatic carbocycles. The van der Waals surface area contributed by atoms with Gasteiger partial charge in [0, 0.05) is 66.8 Å². The minimum atomic E-state index is -0.558. The molecular weight excluding hydrogens is 1510 g/mol. The molecule has 0 N–H and O–H groups in total. The molecule has 0 radical (unpaired) electrons. The topological polar surface area (TPSA) is 16.3 Å². The van der Waals surface area contributed by atoms with Crippen LogP contribution in [0.5, 0.6) is 0 Å². The monoisotopic (exact) mass is 1590 g/mol. The Balaban J connectivity index is 0.747. The molecular formula is C120H83BN4. The van der Waals surface area contributed by atoms with Crippen LogP contribution in [0.2, 0.25) is 0 Å². The van der Waals surface area contributed by atoms with Crippen LogP contribution in [0.25, 0.3) is 122 Å². The molecule has 4 aliphatic rings. The van der Waals surface area contributed by atoms with E-state index < -0.39 is 10.8 Å². The summed E-state index contributed by atoms with van der Waals surface area (Å²) >= 11 is 0. The molecule has 2 aliphatic carbocycles. The molecule has 4 nitrogen and oxygen atoms in total. The summed E-state index contributed by atoms with van der Waals surface area (Å²) in [6.45, 7) is 6.97. The Morgan fingerprint density at radius 2 is 0.528 bits per heavy atom. The van der Waals surface area contributed by atoms with E-state index in [9.17, 15) is 0 Å². The minimum absolute atomic E-state index is 0.229. The van der Waals surface area contributed by atoms with Crippen LogP contribution in [0.15, 0.2) is 449 Å². The third kappa shape index (κ3) is 10.7. The maximum absolute atomic E-state index is 2.69. The SMILES string of the molecule is CC(C)(C)c1cc2c3c(c1)N(c1ccccc1-c1ccc4c(c1)-c1ccccc1C4(c1ccccc1)c1ccccc1)c1cc(-c4ccc5c(c4)c4ccccc4n5-c4ccccc4)ccc1B3c1ccc(-c3ccc4c(c3)c3ccccc3n4-c3ccccc3)cc1N2c1ccccc1-c1ccc2c(c1)-c1ccccc1C2(c1ccccc1)c1ccccc1. The van der Waals surface area contributed by atoms with Crippen molar-refractivity contribution in [2.75, 3.05) is 9.80 Å². The van der Waals surface area contributed by atoms with Crippen molar-refractivity contribution in [3.63, 3.8) is 0 Å². The normalized spacial score (nSPS) is 13.6. The van der Waals surface area contributed by atoms with Gasteiger partial charge in [0.25, 0.3) is 6.71 Å². The van der Waals surface area contributed by atoms with Gasteiger partial charge in [0.05, 0.1) is 44.3 Å². The Hall–Kier alpha value is -15.6. The average Bonchev–Trinajstić information content (AvgIpc) is 0.759. The molecule has 0 atom stereocenters. The predicted octanol–water partition coefficient (Wildman–Crippen LogP) is 28.7. The van der Waals surface area contributed by atoms with Gasteiger partial charge in [-0.2, -0.15) is 0 Å². The summed E-state index contributed by atoms with van der Waals surface area (Å²) in [5.74, 6) is 0. The molecule has 0 spiro atoms. The van der Waals surface area contributed by atoms with Crippen molar-refractivity contribution in [1.29, 1.82) is 0 Å². The fourth-order valence-corrected chi connectivity index (χ4v) is 22.4. The maximum Gasteiger partial charge on any atom is 0.252 e. The van der Waals surface area contributed by atoms with Crippen molar-refractivity contribution in [3.8, 4) is 78.1 Å². The number of para-hydroxylation sites is 6. The van der Waals surface area contributed by atoms with E-state index in [1.165, 1.54) is 132 Å². The molecule has 0 bridgehead atoms. The first-order valence-corrected chi connectivity index (χ1v) is 43.8. The smallest absolute Gasteiger partial charge is 0.252 e. The molecule has 21 aromatic rings. The van der Waals surface area contributed by atoms with Crippen LogP contribution in [0.4, 0.5) is 34.1 Å². The van der Waals surface area contributed by atoms with E-state index in [1.807, 2.05) is 0 Å². The molecule has 0 unspecified atom stereocenters. The van der Waals surface area contributed by atoms with Crippen molar-refractivity contribution >= 4 is 101 Å². The van der Waals surface area contributed by atoms with Crippen molar-refractivity contribution in [2.45, 2.75) is 37.0 Å². The zero-order valence-electron chi connectivity index (χ0n) is 69.6. The third-order valence-corrected chi connectivity index (χ3v) is 27.8. The molecule has 586 valence electrons. The van der Waals surface area contributed by atoms with Crippen LogP contribution in [-0.4, -0.2) is 15.8 Å². The predicted molar refractivity (Wildman–Crippen MR) is 524 cm³/mol. The highest BCUT2D eigenvalue weighted by molar-refractivity contribution is 7.00. The lowest BCUT2D eigenvalue weighted by atomic mass is 9.33. The van der Waals surface area contributed by atoms with Gasteiger partial charge in [0.1, 0.15) is 0 Å². The number of anilines is 6. The molecule has 0 fully saturated rings. The van der Waals surface area contributed by atoms with Crippen molar-refractivity contribution in [3.05, 3.63) is 499 Å². The number of hydrogen-bond donors (Lipinski definition) is 0. The number of hydrogen-bond acceptors (Lipinski definition) is 2. The fourth-order valence-electron chi connectivity index (χ4n) is 22.4. The number of nitrogens with zero attached hydrogens (tertiary/aromatic N) is 4. The van der Waals surface area contributed by atoms with E-state index >= 15 is 0 Å². The number of rotatable bonds is 12. The van der Waals surface area contributed by atoms with Gasteiger partial charge < -0.3 is 18.9 Å². The Bertz CT molecular complexity index is 7420. The molecule has 5 heteroatoms. The number of benzene rings is 19. The summed E-state index contributed by atoms with van der Waals surface area (Å²) in [4.78, 5) is 5.37. The summed E-state index contributed by atoms with van der Waals surface area (Å²) in [7, 11) is 0. The van der Waals surface area contributed by atoms with Crippen LogP contribution < -0.4 is 26.2 Å². The Morgan fingerprint density at radius 1 is 0.216 bits per heavy atom. The van der Waals surface area contributed by atoms with Crippen LogP contribution in [0.3, 0.4) is 0 Å². The minimum Gasteiger partial charge on any atom is -0.311 e. The lowest BCUT2D eigenvalue weighted by molar-refractivity contribution is 0.590. The van der Waals surface area contributed by atoms with Gasteiger partial charge >= 0.3 is 0 Å². The van der Waals surface area contributed by atoms with Gasteiger partial charge in [0.2, 0.25) is 0 Å². The average molecular weight is 1590 g/mol. The third-order valence-electron chi connectivity index (χ3n) is 27.8. The van der Waals surface area contributed by atoms with E-state index in [1.54, 1.807) is 0 Å². The Morgan fingerprint density at radius 3 is 0.928 bits per heavy atom. The second-order valence-corrected chi connectivity index (χ2v) is 35.3. The summed E-state index contributed by atoms with van der Waals surface area (Å²) in [6.07, 6.45) is 0. The number of fused-ring (bicyclic) bond motifs is 16. The van der Waals surface area contributed by atoms with Crippen molar-refractivity contribution in [1.82, 2.24) is 9.13 Å². The van der Waals surface area contributed by atoms with Gasteiger partial charge in [-0.3, -0.25) is 0 Å². The molecule has 2 aliphatic heterocycles. The van der Waals surface area contributed by atoms with E-state index in [2.05, 4.69) is 489 Å².